The number of aliphatic hydroxyl groups excluding tert-OH is 4. The van der Waals surface area contributed by atoms with E-state index in [2.05, 4.69) is 21.7 Å². The van der Waals surface area contributed by atoms with Gasteiger partial charge in [0.05, 0.1) is 6.61 Å². The van der Waals surface area contributed by atoms with Gasteiger partial charge in [-0.3, -0.25) is 10.9 Å². The SMILES string of the molecule is OC[C@H](O)[C@@H](O)[C@@H](O)C1NNC(=S)NN1. The zero-order valence-electron chi connectivity index (χ0n) is 7.71. The molecule has 0 amide bonds. The summed E-state index contributed by atoms with van der Waals surface area (Å²) in [5.74, 6) is 0. The number of hydrazine groups is 2. The summed E-state index contributed by atoms with van der Waals surface area (Å²) in [6, 6.07) is 0. The fourth-order valence-corrected chi connectivity index (χ4v) is 1.18. The lowest BCUT2D eigenvalue weighted by Crippen LogP contribution is -2.71. The number of nitrogens with one attached hydrogen (secondary N) is 4. The Bertz CT molecular complexity index is 221. The highest BCUT2D eigenvalue weighted by molar-refractivity contribution is 7.80. The molecule has 0 aromatic carbocycles. The van der Waals surface area contributed by atoms with Gasteiger partial charge >= 0.3 is 0 Å². The molecular weight excluding hydrogens is 224 g/mol. The minimum atomic E-state index is -1.48. The Morgan fingerprint density at radius 2 is 1.73 bits per heavy atom. The molecule has 3 atom stereocenters. The summed E-state index contributed by atoms with van der Waals surface area (Å²) in [7, 11) is 0. The van der Waals surface area contributed by atoms with Crippen molar-refractivity contribution in [1.82, 2.24) is 21.7 Å². The smallest absolute Gasteiger partial charge is 0.195 e. The van der Waals surface area contributed by atoms with Gasteiger partial charge in [-0.25, -0.2) is 10.9 Å². The topological polar surface area (TPSA) is 129 Å². The van der Waals surface area contributed by atoms with Crippen LogP contribution >= 0.6 is 12.2 Å². The van der Waals surface area contributed by atoms with Crippen LogP contribution in [0.15, 0.2) is 0 Å². The van der Waals surface area contributed by atoms with E-state index in [0.29, 0.717) is 0 Å². The number of thiocarbonyl (C=S) groups is 1. The molecule has 8 nitrogen and oxygen atoms in total. The van der Waals surface area contributed by atoms with Gasteiger partial charge in [0.25, 0.3) is 0 Å². The Morgan fingerprint density at radius 3 is 2.20 bits per heavy atom. The lowest BCUT2D eigenvalue weighted by Gasteiger charge is -2.34. The van der Waals surface area contributed by atoms with Crippen molar-refractivity contribution in [2.75, 3.05) is 6.61 Å². The second-order valence-electron chi connectivity index (χ2n) is 3.08. The molecule has 0 spiro atoms. The first kappa shape index (κ1) is 12.5. The third-order valence-corrected chi connectivity index (χ3v) is 2.16. The van der Waals surface area contributed by atoms with Crippen LogP contribution in [-0.2, 0) is 0 Å². The highest BCUT2D eigenvalue weighted by atomic mass is 32.1. The third-order valence-electron chi connectivity index (χ3n) is 1.96. The molecule has 1 aliphatic heterocycles. The maximum Gasteiger partial charge on any atom is 0.195 e. The zero-order chi connectivity index (χ0) is 11.4. The van der Waals surface area contributed by atoms with Crippen LogP contribution in [0.4, 0.5) is 0 Å². The number of rotatable bonds is 4. The first-order chi connectivity index (χ1) is 7.06. The van der Waals surface area contributed by atoms with E-state index in [1.807, 2.05) is 0 Å². The van der Waals surface area contributed by atoms with Crippen LogP contribution in [0, 0.1) is 0 Å². The van der Waals surface area contributed by atoms with Gasteiger partial charge in [0, 0.05) is 0 Å². The summed E-state index contributed by atoms with van der Waals surface area (Å²) in [5.41, 5.74) is 10.2. The van der Waals surface area contributed by atoms with E-state index in [9.17, 15) is 10.2 Å². The van der Waals surface area contributed by atoms with Gasteiger partial charge in [-0.2, -0.15) is 0 Å². The summed E-state index contributed by atoms with van der Waals surface area (Å²) in [6.45, 7) is -0.635. The van der Waals surface area contributed by atoms with Gasteiger partial charge in [0.1, 0.15) is 24.5 Å². The average molecular weight is 238 g/mol. The maximum atomic E-state index is 9.56. The van der Waals surface area contributed by atoms with Gasteiger partial charge < -0.3 is 20.4 Å². The lowest BCUT2D eigenvalue weighted by atomic mass is 10.1. The molecule has 9 heteroatoms. The molecule has 0 saturated carbocycles. The molecule has 0 aromatic rings. The Balaban J connectivity index is 2.45. The van der Waals surface area contributed by atoms with E-state index < -0.39 is 31.1 Å². The Hall–Kier alpha value is -0.550. The molecule has 15 heavy (non-hydrogen) atoms. The molecule has 0 bridgehead atoms. The first-order valence-electron chi connectivity index (χ1n) is 4.28. The highest BCUT2D eigenvalue weighted by Gasteiger charge is 2.32. The molecule has 1 aliphatic rings. The van der Waals surface area contributed by atoms with E-state index >= 15 is 0 Å². The maximum absolute atomic E-state index is 9.56. The summed E-state index contributed by atoms with van der Waals surface area (Å²) >= 11 is 4.70. The van der Waals surface area contributed by atoms with Gasteiger partial charge in [0.2, 0.25) is 0 Å². The second-order valence-corrected chi connectivity index (χ2v) is 3.48. The van der Waals surface area contributed by atoms with Crippen LogP contribution in [0.25, 0.3) is 0 Å². The van der Waals surface area contributed by atoms with Crippen molar-refractivity contribution < 1.29 is 20.4 Å². The van der Waals surface area contributed by atoms with Crippen molar-refractivity contribution in [2.45, 2.75) is 24.5 Å². The molecular formula is C6H14N4O4S. The molecule has 1 fully saturated rings. The molecule has 0 unspecified atom stereocenters. The molecule has 88 valence electrons. The van der Waals surface area contributed by atoms with Crippen LogP contribution in [0.5, 0.6) is 0 Å². The summed E-state index contributed by atoms with van der Waals surface area (Å²) in [6.07, 6.45) is -4.96. The first-order valence-corrected chi connectivity index (χ1v) is 4.69. The molecule has 1 heterocycles. The van der Waals surface area contributed by atoms with Crippen molar-refractivity contribution in [2.24, 2.45) is 0 Å². The fraction of sp³-hybridized carbons (Fsp3) is 0.833. The van der Waals surface area contributed by atoms with Crippen LogP contribution in [0.2, 0.25) is 0 Å². The Kier molecular flexibility index (Phi) is 4.60. The predicted molar refractivity (Wildman–Crippen MR) is 54.0 cm³/mol. The van der Waals surface area contributed by atoms with Gasteiger partial charge in [-0.05, 0) is 12.2 Å². The number of hydrogen-bond donors (Lipinski definition) is 8. The normalized spacial score (nSPS) is 23.9. The van der Waals surface area contributed by atoms with Gasteiger partial charge in [0.15, 0.2) is 5.11 Å². The Labute approximate surface area is 91.2 Å². The van der Waals surface area contributed by atoms with Crippen LogP contribution in [0.3, 0.4) is 0 Å². The minimum Gasteiger partial charge on any atom is -0.394 e. The highest BCUT2D eigenvalue weighted by Crippen LogP contribution is 2.03. The monoisotopic (exact) mass is 238 g/mol. The van der Waals surface area contributed by atoms with Crippen molar-refractivity contribution in [3.63, 3.8) is 0 Å². The van der Waals surface area contributed by atoms with E-state index in [-0.39, 0.29) is 5.11 Å². The van der Waals surface area contributed by atoms with Crippen molar-refractivity contribution in [3.05, 3.63) is 0 Å². The summed E-state index contributed by atoms with van der Waals surface area (Å²) < 4.78 is 0. The van der Waals surface area contributed by atoms with Crippen molar-refractivity contribution in [1.29, 1.82) is 0 Å². The molecule has 0 aliphatic carbocycles. The van der Waals surface area contributed by atoms with E-state index in [1.54, 1.807) is 0 Å². The fourth-order valence-electron chi connectivity index (χ4n) is 1.06. The average Bonchev–Trinajstić information content (AvgIpc) is 2.27. The van der Waals surface area contributed by atoms with Crippen molar-refractivity contribution in [3.8, 4) is 0 Å². The summed E-state index contributed by atoms with van der Waals surface area (Å²) in [5, 5.41) is 36.9. The van der Waals surface area contributed by atoms with Crippen molar-refractivity contribution >= 4 is 17.3 Å². The predicted octanol–water partition coefficient (Wildman–Crippen LogP) is -4.13. The van der Waals surface area contributed by atoms with E-state index in [0.717, 1.165) is 0 Å². The zero-order valence-corrected chi connectivity index (χ0v) is 8.53. The molecule has 0 radical (unpaired) electrons. The van der Waals surface area contributed by atoms with E-state index in [4.69, 9.17) is 22.4 Å². The van der Waals surface area contributed by atoms with E-state index in [1.165, 1.54) is 0 Å². The molecule has 8 N–H and O–H groups in total. The third kappa shape index (κ3) is 3.21. The van der Waals surface area contributed by atoms with Gasteiger partial charge in [-0.15, -0.1) is 0 Å². The second kappa shape index (κ2) is 5.51. The molecule has 1 rings (SSSR count). The quantitative estimate of drug-likeness (QED) is 0.230. The molecule has 1 saturated heterocycles. The van der Waals surface area contributed by atoms with Crippen LogP contribution in [0.1, 0.15) is 0 Å². The molecule has 0 aromatic heterocycles. The summed E-state index contributed by atoms with van der Waals surface area (Å²) in [4.78, 5) is 0. The largest absolute Gasteiger partial charge is 0.394 e. The van der Waals surface area contributed by atoms with Gasteiger partial charge in [-0.1, -0.05) is 0 Å². The Morgan fingerprint density at radius 1 is 1.20 bits per heavy atom. The number of aliphatic hydroxyl groups is 4. The lowest BCUT2D eigenvalue weighted by molar-refractivity contribution is -0.0934. The van der Waals surface area contributed by atoms with Crippen LogP contribution < -0.4 is 21.7 Å². The standard InChI is InChI=1S/C6H14N4O4S/c11-1-2(12)3(13)4(14)5-7-9-6(15)10-8-5/h2-5,7-8,11-14H,1H2,(H2,9,10,15)/t2-,3+,4+/m0/s1. The minimum absolute atomic E-state index is 0.288. The number of hydrogen-bond acceptors (Lipinski definition) is 7. The van der Waals surface area contributed by atoms with Crippen LogP contribution in [-0.4, -0.2) is 56.6 Å².